The summed E-state index contributed by atoms with van der Waals surface area (Å²) in [7, 11) is 0. The zero-order valence-electron chi connectivity index (χ0n) is 44.3. The lowest BCUT2D eigenvalue weighted by molar-refractivity contribution is -0.223. The van der Waals surface area contributed by atoms with Crippen LogP contribution >= 0.6 is 69.6 Å². The summed E-state index contributed by atoms with van der Waals surface area (Å²) in [6.45, 7) is -0.341. The largest absolute Gasteiger partial charge is 0.394 e. The van der Waals surface area contributed by atoms with Crippen LogP contribution < -0.4 is 10.6 Å². The predicted octanol–water partition coefficient (Wildman–Crippen LogP) is 6.23. The van der Waals surface area contributed by atoms with Crippen LogP contribution in [0.4, 0.5) is 17.6 Å². The molecule has 0 bridgehead atoms. The minimum Gasteiger partial charge on any atom is -0.394 e. The second-order valence-corrected chi connectivity index (χ2v) is 21.9. The van der Waals surface area contributed by atoms with Gasteiger partial charge in [-0.1, -0.05) is 80.0 Å². The lowest BCUT2D eigenvalue weighted by Gasteiger charge is -2.43. The van der Waals surface area contributed by atoms with Gasteiger partial charge < -0.3 is 50.0 Å². The molecule has 0 spiro atoms. The van der Waals surface area contributed by atoms with Crippen molar-refractivity contribution in [1.29, 1.82) is 0 Å². The van der Waals surface area contributed by atoms with Gasteiger partial charge in [-0.2, -0.15) is 10.2 Å². The second kappa shape index (κ2) is 26.5. The maximum atomic E-state index is 14.6. The lowest BCUT2D eigenvalue weighted by atomic mass is 9.91. The van der Waals surface area contributed by atoms with Gasteiger partial charge in [0.25, 0.3) is 0 Å². The zero-order valence-corrected chi connectivity index (χ0v) is 48.9. The molecule has 34 heteroatoms. The van der Waals surface area contributed by atoms with Crippen molar-refractivity contribution < 1.29 is 66.5 Å². The molecule has 6 heterocycles. The van der Waals surface area contributed by atoms with Crippen molar-refractivity contribution in [2.24, 2.45) is 0 Å². The Hall–Kier alpha value is -6.48. The molecule has 2 amide bonds. The second-order valence-electron chi connectivity index (χ2n) is 19.5. The molecule has 0 saturated carbocycles. The maximum Gasteiger partial charge on any atom is 0.246 e. The average molecular weight is 1320 g/mol. The number of aliphatic hydroxyl groups is 4. The number of rotatable bonds is 19. The third kappa shape index (κ3) is 13.0. The summed E-state index contributed by atoms with van der Waals surface area (Å²) in [5.74, 6) is -5.43. The van der Waals surface area contributed by atoms with E-state index >= 15 is 0 Å². The molecule has 0 radical (unpaired) electrons. The van der Waals surface area contributed by atoms with Crippen LogP contribution in [0.2, 0.25) is 30.1 Å². The van der Waals surface area contributed by atoms with E-state index in [1.54, 1.807) is 26.0 Å². The molecular formula is C52H46Cl6F4N14O10. The lowest BCUT2D eigenvalue weighted by Crippen LogP contribution is -2.54. The van der Waals surface area contributed by atoms with E-state index in [9.17, 15) is 47.6 Å². The average Bonchev–Trinajstić information content (AvgIpc) is 1.67. The number of halogens is 10. The van der Waals surface area contributed by atoms with Crippen molar-refractivity contribution in [3.05, 3.63) is 150 Å². The van der Waals surface area contributed by atoms with E-state index < -0.39 is 132 Å². The molecule has 2 aliphatic rings. The molecule has 10 rings (SSSR count). The fraction of sp³-hybridized carbons (Fsp3) is 0.346. The summed E-state index contributed by atoms with van der Waals surface area (Å²) in [5, 5.41) is 74.9. The van der Waals surface area contributed by atoms with Crippen LogP contribution in [0.3, 0.4) is 0 Å². The molecule has 454 valence electrons. The van der Waals surface area contributed by atoms with Crippen LogP contribution in [-0.2, 0) is 28.5 Å². The molecule has 86 heavy (non-hydrogen) atoms. The highest BCUT2D eigenvalue weighted by Crippen LogP contribution is 2.44. The Bertz CT molecular complexity index is 3540. The number of benzene rings is 4. The standard InChI is InChI=1S/C52H46Cl6F4N14O10/c1-21-65-51(75(69-21)35-13-25(53)3-5-27(35)55)49-47(43(45(81)37(17-77)85-49)73-15-33(67-71-73)23-9-29(59)41(57)30(60)10-23)83-19-39(79)63-7-8-64-40(80)20-84-48-44(74-16-34(68-72-74)24-11-31(61)42(58)32(62)12-24)46(82)38(18-78)86-50(48)52-66-22(2)70-76(52)36-14-26(54)4-6-28(36)56/h3-6,9-16,37-38,43-50,77-78,81-82H,7-8,17-20H2,1-2H3,(H,63,79)(H,64,80). The van der Waals surface area contributed by atoms with Crippen LogP contribution in [0.15, 0.2) is 73.1 Å². The first-order valence-electron chi connectivity index (χ1n) is 25.7. The number of aryl methyl sites for hydroxylation is 2. The number of carbonyl (C=O) groups is 2. The minimum absolute atomic E-state index is 0.0135. The van der Waals surface area contributed by atoms with Crippen molar-refractivity contribution in [3.63, 3.8) is 0 Å². The molecule has 4 aromatic heterocycles. The number of aliphatic hydroxyl groups excluding tert-OH is 4. The first kappa shape index (κ1) is 62.6. The summed E-state index contributed by atoms with van der Waals surface area (Å²) >= 11 is 37.5. The third-order valence-electron chi connectivity index (χ3n) is 13.8. The van der Waals surface area contributed by atoms with Crippen LogP contribution in [0, 0.1) is 37.1 Å². The number of nitrogens with one attached hydrogen (secondary N) is 2. The van der Waals surface area contributed by atoms with Gasteiger partial charge in [0.2, 0.25) is 11.8 Å². The molecule has 8 aromatic rings. The minimum atomic E-state index is -1.66. The normalized spacial score (nSPS) is 22.3. The Morgan fingerprint density at radius 3 is 1.33 bits per heavy atom. The van der Waals surface area contributed by atoms with E-state index in [0.29, 0.717) is 0 Å². The molecule has 6 N–H and O–H groups in total. The molecule has 4 aromatic carbocycles. The van der Waals surface area contributed by atoms with Crippen LogP contribution in [0.1, 0.15) is 47.6 Å². The summed E-state index contributed by atoms with van der Waals surface area (Å²) in [4.78, 5) is 36.6. The predicted molar refractivity (Wildman–Crippen MR) is 298 cm³/mol. The highest BCUT2D eigenvalue weighted by atomic mass is 35.5. The molecule has 2 aliphatic heterocycles. The number of hydrogen-bond donors (Lipinski definition) is 6. The van der Waals surface area contributed by atoms with Crippen molar-refractivity contribution in [2.75, 3.05) is 39.5 Å². The van der Waals surface area contributed by atoms with Gasteiger partial charge in [-0.15, -0.1) is 10.2 Å². The van der Waals surface area contributed by atoms with Gasteiger partial charge in [-0.3, -0.25) is 9.59 Å². The van der Waals surface area contributed by atoms with E-state index in [1.165, 1.54) is 46.0 Å². The quantitative estimate of drug-likeness (QED) is 0.0297. The van der Waals surface area contributed by atoms with E-state index in [-0.39, 0.29) is 90.4 Å². The fourth-order valence-electron chi connectivity index (χ4n) is 9.83. The Morgan fingerprint density at radius 1 is 0.593 bits per heavy atom. The van der Waals surface area contributed by atoms with Gasteiger partial charge in [-0.25, -0.2) is 46.3 Å². The zero-order chi connectivity index (χ0) is 61.4. The van der Waals surface area contributed by atoms with E-state index in [1.807, 2.05) is 0 Å². The molecule has 2 saturated heterocycles. The SMILES string of the molecule is Cc1nc(C2OC(CO)C(O)C(n3cc(-c4cc(F)c(Cl)c(F)c4)nn3)C2OCC(=O)NCCNC(=O)COC2C(c3nc(C)nn3-c3cc(Cl)ccc3Cl)OC(CO)C(O)C2n2cc(-c3cc(F)c(Cl)c(F)c3)nn2)n(-c2cc(Cl)ccc2Cl)n1. The van der Waals surface area contributed by atoms with E-state index in [0.717, 1.165) is 33.6 Å². The number of amides is 2. The number of ether oxygens (including phenoxy) is 4. The van der Waals surface area contributed by atoms with Crippen LogP contribution in [-0.4, -0.2) is 168 Å². The van der Waals surface area contributed by atoms with Gasteiger partial charge in [0.05, 0.1) is 47.0 Å². The molecule has 24 nitrogen and oxygen atoms in total. The molecule has 2 fully saturated rings. The first-order chi connectivity index (χ1) is 41.1. The molecular weight excluding hydrogens is 1270 g/mol. The van der Waals surface area contributed by atoms with Gasteiger partial charge in [-0.05, 0) is 74.5 Å². The highest BCUT2D eigenvalue weighted by molar-refractivity contribution is 6.35. The van der Waals surface area contributed by atoms with E-state index in [2.05, 4.69) is 51.4 Å². The first-order valence-corrected chi connectivity index (χ1v) is 28.0. The highest BCUT2D eigenvalue weighted by Gasteiger charge is 2.52. The van der Waals surface area contributed by atoms with Gasteiger partial charge in [0.15, 0.2) is 11.6 Å². The van der Waals surface area contributed by atoms with Crippen molar-refractivity contribution >= 4 is 81.4 Å². The van der Waals surface area contributed by atoms with E-state index in [4.69, 9.17) is 88.6 Å². The Morgan fingerprint density at radius 2 is 0.965 bits per heavy atom. The van der Waals surface area contributed by atoms with Crippen LogP contribution in [0.5, 0.6) is 0 Å². The van der Waals surface area contributed by atoms with Gasteiger partial charge >= 0.3 is 0 Å². The van der Waals surface area contributed by atoms with Gasteiger partial charge in [0.1, 0.15) is 130 Å². The Labute approximate surface area is 513 Å². The monoisotopic (exact) mass is 1310 g/mol. The topological polar surface area (TPSA) is 299 Å². The van der Waals surface area contributed by atoms with Gasteiger partial charge in [0, 0.05) is 34.3 Å². The maximum absolute atomic E-state index is 14.6. The molecule has 10 unspecified atom stereocenters. The number of carbonyl (C=O) groups excluding carboxylic acids is 2. The summed E-state index contributed by atoms with van der Waals surface area (Å²) in [6.07, 6.45) is -9.27. The number of nitrogens with zero attached hydrogens (tertiary/aromatic N) is 12. The summed E-state index contributed by atoms with van der Waals surface area (Å²) in [5.41, 5.74) is 0.197. The van der Waals surface area contributed by atoms with Crippen molar-refractivity contribution in [3.8, 4) is 33.9 Å². The summed E-state index contributed by atoms with van der Waals surface area (Å²) < 4.78 is 88.5. The van der Waals surface area contributed by atoms with Crippen molar-refractivity contribution in [1.82, 2.24) is 70.2 Å². The Kier molecular flexibility index (Phi) is 19.3. The third-order valence-corrected chi connectivity index (χ3v) is 15.6. The fourth-order valence-corrected chi connectivity index (χ4v) is 10.8. The smallest absolute Gasteiger partial charge is 0.246 e. The summed E-state index contributed by atoms with van der Waals surface area (Å²) in [6, 6.07) is 10.1. The Balaban J connectivity index is 0.875. The number of hydrogen-bond acceptors (Lipinski definition) is 18. The number of aromatic nitrogens is 12. The molecule has 10 atom stereocenters. The van der Waals surface area contributed by atoms with Crippen molar-refractivity contribution in [2.45, 2.75) is 74.8 Å². The molecule has 0 aliphatic carbocycles. The van der Waals surface area contributed by atoms with Crippen LogP contribution in [0.25, 0.3) is 33.9 Å².